The Labute approximate surface area is 147 Å². The third kappa shape index (κ3) is 2.71. The number of nitrogens with zero attached hydrogens (tertiary/aromatic N) is 1. The average Bonchev–Trinajstić information content (AvgIpc) is 3.25. The van der Waals surface area contributed by atoms with E-state index in [0.29, 0.717) is 18.0 Å². The molecule has 3 atom stereocenters. The van der Waals surface area contributed by atoms with Crippen molar-refractivity contribution in [2.45, 2.75) is 36.8 Å². The van der Waals surface area contributed by atoms with Crippen LogP contribution in [0, 0.1) is 12.8 Å². The van der Waals surface area contributed by atoms with Gasteiger partial charge in [-0.15, -0.1) is 11.3 Å². The molecule has 4 nitrogen and oxygen atoms in total. The normalized spacial score (nSPS) is 28.0. The maximum absolute atomic E-state index is 13.1. The highest BCUT2D eigenvalue weighted by Gasteiger charge is 2.47. The van der Waals surface area contributed by atoms with Gasteiger partial charge in [0.15, 0.2) is 0 Å². The van der Waals surface area contributed by atoms with Gasteiger partial charge in [0, 0.05) is 30.0 Å². The molecular weight excluding hydrogens is 342 g/mol. The molecule has 0 aliphatic carbocycles. The lowest BCUT2D eigenvalue weighted by Crippen LogP contribution is -2.42. The Kier molecular flexibility index (Phi) is 4.24. The van der Waals surface area contributed by atoms with Crippen molar-refractivity contribution in [3.05, 3.63) is 52.2 Å². The summed E-state index contributed by atoms with van der Waals surface area (Å²) in [4.78, 5) is 1.60. The van der Waals surface area contributed by atoms with Gasteiger partial charge < -0.3 is 4.74 Å². The Morgan fingerprint density at radius 1 is 1.17 bits per heavy atom. The standard InChI is InChI=1S/C18H21NO3S2/c1-13-4-6-14(7-5-13)24(20,21)19-10-8-15-16(19)9-11-22-18(15)17-3-2-12-23-17/h2-7,12,15-16,18H,8-11H2,1H3/t15-,16+,18-/m1/s1. The molecule has 3 heterocycles. The highest BCUT2D eigenvalue weighted by Crippen LogP contribution is 2.45. The molecule has 2 fully saturated rings. The van der Waals surface area contributed by atoms with Crippen LogP contribution in [0.2, 0.25) is 0 Å². The first-order valence-corrected chi connectivity index (χ1v) is 10.6. The highest BCUT2D eigenvalue weighted by molar-refractivity contribution is 7.89. The lowest BCUT2D eigenvalue weighted by atomic mass is 9.89. The highest BCUT2D eigenvalue weighted by atomic mass is 32.2. The van der Waals surface area contributed by atoms with Gasteiger partial charge in [0.1, 0.15) is 0 Å². The Morgan fingerprint density at radius 3 is 2.67 bits per heavy atom. The van der Waals surface area contributed by atoms with Gasteiger partial charge in [-0.2, -0.15) is 4.31 Å². The smallest absolute Gasteiger partial charge is 0.243 e. The van der Waals surface area contributed by atoms with Gasteiger partial charge in [0.25, 0.3) is 0 Å². The van der Waals surface area contributed by atoms with Crippen molar-refractivity contribution < 1.29 is 13.2 Å². The van der Waals surface area contributed by atoms with E-state index in [1.54, 1.807) is 27.8 Å². The van der Waals surface area contributed by atoms with Crippen LogP contribution in [-0.2, 0) is 14.8 Å². The number of thiophene rings is 1. The van der Waals surface area contributed by atoms with Crippen LogP contribution in [0.4, 0.5) is 0 Å². The van der Waals surface area contributed by atoms with Crippen LogP contribution < -0.4 is 0 Å². The van der Waals surface area contributed by atoms with E-state index >= 15 is 0 Å². The molecule has 0 amide bonds. The summed E-state index contributed by atoms with van der Waals surface area (Å²) in [5.41, 5.74) is 1.07. The predicted octanol–water partition coefficient (Wildman–Crippen LogP) is 3.60. The second-order valence-corrected chi connectivity index (χ2v) is 9.41. The fourth-order valence-corrected chi connectivity index (χ4v) is 6.45. The first-order valence-electron chi connectivity index (χ1n) is 8.31. The van der Waals surface area contributed by atoms with Crippen molar-refractivity contribution in [1.82, 2.24) is 4.31 Å². The van der Waals surface area contributed by atoms with Gasteiger partial charge in [-0.3, -0.25) is 0 Å². The molecular formula is C18H21NO3S2. The van der Waals surface area contributed by atoms with Gasteiger partial charge in [-0.25, -0.2) is 8.42 Å². The van der Waals surface area contributed by atoms with Gasteiger partial charge >= 0.3 is 0 Å². The van der Waals surface area contributed by atoms with Crippen molar-refractivity contribution in [2.24, 2.45) is 5.92 Å². The topological polar surface area (TPSA) is 46.6 Å². The Morgan fingerprint density at radius 2 is 1.96 bits per heavy atom. The third-order valence-electron chi connectivity index (χ3n) is 5.10. The van der Waals surface area contributed by atoms with Crippen LogP contribution in [-0.4, -0.2) is 31.9 Å². The van der Waals surface area contributed by atoms with Crippen LogP contribution >= 0.6 is 11.3 Å². The lowest BCUT2D eigenvalue weighted by Gasteiger charge is -2.36. The van der Waals surface area contributed by atoms with E-state index in [0.717, 1.165) is 18.4 Å². The van der Waals surface area contributed by atoms with E-state index in [-0.39, 0.29) is 18.1 Å². The zero-order chi connectivity index (χ0) is 16.7. The summed E-state index contributed by atoms with van der Waals surface area (Å²) in [7, 11) is -3.44. The number of aryl methyl sites for hydroxylation is 1. The fourth-order valence-electron chi connectivity index (χ4n) is 3.89. The van der Waals surface area contributed by atoms with Crippen molar-refractivity contribution in [3.8, 4) is 0 Å². The van der Waals surface area contributed by atoms with Crippen LogP contribution in [0.25, 0.3) is 0 Å². The molecule has 2 aliphatic heterocycles. The largest absolute Gasteiger partial charge is 0.372 e. The van der Waals surface area contributed by atoms with Gasteiger partial charge in [0.05, 0.1) is 11.0 Å². The number of fused-ring (bicyclic) bond motifs is 1. The minimum atomic E-state index is -3.44. The van der Waals surface area contributed by atoms with Crippen LogP contribution in [0.5, 0.6) is 0 Å². The van der Waals surface area contributed by atoms with Crippen LogP contribution in [0.1, 0.15) is 29.4 Å². The SMILES string of the molecule is Cc1ccc(S(=O)(=O)N2CC[C@H]3[C@H](c4cccs4)OCC[C@@H]32)cc1. The predicted molar refractivity (Wildman–Crippen MR) is 94.6 cm³/mol. The van der Waals surface area contributed by atoms with Gasteiger partial charge in [-0.1, -0.05) is 23.8 Å². The summed E-state index contributed by atoms with van der Waals surface area (Å²) in [5.74, 6) is 0.248. The molecule has 2 saturated heterocycles. The quantitative estimate of drug-likeness (QED) is 0.837. The summed E-state index contributed by atoms with van der Waals surface area (Å²) in [5, 5.41) is 2.05. The maximum Gasteiger partial charge on any atom is 0.243 e. The first-order chi connectivity index (χ1) is 11.6. The maximum atomic E-state index is 13.1. The van der Waals surface area contributed by atoms with E-state index in [4.69, 9.17) is 4.74 Å². The zero-order valence-electron chi connectivity index (χ0n) is 13.6. The van der Waals surface area contributed by atoms with Gasteiger partial charge in [-0.05, 0) is 43.3 Å². The molecule has 24 heavy (non-hydrogen) atoms. The molecule has 2 aromatic rings. The molecule has 0 bridgehead atoms. The molecule has 0 N–H and O–H groups in total. The van der Waals surface area contributed by atoms with Gasteiger partial charge in [0.2, 0.25) is 10.0 Å². The third-order valence-corrected chi connectivity index (χ3v) is 7.97. The molecule has 0 radical (unpaired) electrons. The summed E-state index contributed by atoms with van der Waals surface area (Å²) < 4.78 is 33.9. The number of sulfonamides is 1. The van der Waals surface area contributed by atoms with E-state index < -0.39 is 10.0 Å². The molecule has 0 saturated carbocycles. The van der Waals surface area contributed by atoms with Crippen molar-refractivity contribution in [2.75, 3.05) is 13.2 Å². The Bertz CT molecular complexity index is 799. The molecule has 0 unspecified atom stereocenters. The summed E-state index contributed by atoms with van der Waals surface area (Å²) >= 11 is 1.69. The Hall–Kier alpha value is -1.21. The Balaban J connectivity index is 1.63. The summed E-state index contributed by atoms with van der Waals surface area (Å²) in [6.07, 6.45) is 1.66. The number of hydrogen-bond donors (Lipinski definition) is 0. The van der Waals surface area contributed by atoms with E-state index in [2.05, 4.69) is 11.4 Å². The fraction of sp³-hybridized carbons (Fsp3) is 0.444. The molecule has 1 aromatic carbocycles. The molecule has 128 valence electrons. The number of ether oxygens (including phenoxy) is 1. The minimum absolute atomic E-state index is 0.0296. The van der Waals surface area contributed by atoms with Crippen molar-refractivity contribution >= 4 is 21.4 Å². The van der Waals surface area contributed by atoms with E-state index in [9.17, 15) is 8.42 Å². The van der Waals surface area contributed by atoms with Crippen LogP contribution in [0.3, 0.4) is 0 Å². The molecule has 6 heteroatoms. The zero-order valence-corrected chi connectivity index (χ0v) is 15.2. The molecule has 2 aliphatic rings. The molecule has 1 aromatic heterocycles. The van der Waals surface area contributed by atoms with Crippen molar-refractivity contribution in [3.63, 3.8) is 0 Å². The summed E-state index contributed by atoms with van der Waals surface area (Å²) in [6, 6.07) is 11.3. The second-order valence-electron chi connectivity index (χ2n) is 6.54. The number of benzene rings is 1. The number of hydrogen-bond acceptors (Lipinski definition) is 4. The average molecular weight is 364 g/mol. The number of rotatable bonds is 3. The molecule has 4 rings (SSSR count). The first kappa shape index (κ1) is 16.3. The summed E-state index contributed by atoms with van der Waals surface area (Å²) in [6.45, 7) is 3.16. The lowest BCUT2D eigenvalue weighted by molar-refractivity contribution is -0.0390. The minimum Gasteiger partial charge on any atom is -0.372 e. The van der Waals surface area contributed by atoms with E-state index in [1.165, 1.54) is 4.88 Å². The van der Waals surface area contributed by atoms with Crippen LogP contribution in [0.15, 0.2) is 46.7 Å². The monoisotopic (exact) mass is 363 g/mol. The van der Waals surface area contributed by atoms with E-state index in [1.807, 2.05) is 25.1 Å². The van der Waals surface area contributed by atoms with Crippen molar-refractivity contribution in [1.29, 1.82) is 0 Å². The second kappa shape index (κ2) is 6.26. The molecule has 0 spiro atoms.